The quantitative estimate of drug-likeness (QED) is 0.768. The Balaban J connectivity index is 2.14. The maximum Gasteiger partial charge on any atom is 0.245 e. The number of hydrogen-bond donors (Lipinski definition) is 0. The molecule has 0 spiro atoms. The summed E-state index contributed by atoms with van der Waals surface area (Å²) in [6.45, 7) is 5.71. The van der Waals surface area contributed by atoms with Crippen molar-refractivity contribution in [1.82, 2.24) is 9.80 Å². The van der Waals surface area contributed by atoms with E-state index in [1.54, 1.807) is 16.9 Å². The summed E-state index contributed by atoms with van der Waals surface area (Å²) in [5.41, 5.74) is -0.372. The third-order valence-corrected chi connectivity index (χ3v) is 4.14. The van der Waals surface area contributed by atoms with Gasteiger partial charge in [0, 0.05) is 33.2 Å². The molecule has 2 rings (SSSR count). The highest BCUT2D eigenvalue weighted by atomic mass is 16.5. The van der Waals surface area contributed by atoms with Crippen molar-refractivity contribution in [1.29, 1.82) is 0 Å². The molecule has 1 unspecified atom stereocenters. The van der Waals surface area contributed by atoms with Crippen molar-refractivity contribution < 1.29 is 14.3 Å². The number of carbonyl (C=O) groups excluding carboxylic acids is 2. The van der Waals surface area contributed by atoms with Crippen molar-refractivity contribution >= 4 is 11.8 Å². The Morgan fingerprint density at radius 2 is 2.00 bits per heavy atom. The number of carbonyl (C=O) groups is 2. The molecule has 2 aliphatic rings. The molecule has 1 atom stereocenters. The first-order chi connectivity index (χ1) is 8.94. The third-order valence-electron chi connectivity index (χ3n) is 4.14. The summed E-state index contributed by atoms with van der Waals surface area (Å²) in [4.78, 5) is 28.3. The Morgan fingerprint density at radius 3 is 2.68 bits per heavy atom. The molecule has 2 aliphatic heterocycles. The van der Waals surface area contributed by atoms with E-state index in [0.29, 0.717) is 19.5 Å². The summed E-state index contributed by atoms with van der Waals surface area (Å²) in [7, 11) is 1.65. The van der Waals surface area contributed by atoms with Gasteiger partial charge in [-0.3, -0.25) is 9.59 Å². The number of ether oxygens (including phenoxy) is 1. The first-order valence-corrected chi connectivity index (χ1v) is 7.08. The van der Waals surface area contributed by atoms with Crippen LogP contribution in [0.5, 0.6) is 0 Å². The lowest BCUT2D eigenvalue weighted by molar-refractivity contribution is -0.144. The van der Waals surface area contributed by atoms with Gasteiger partial charge in [0.05, 0.1) is 5.60 Å². The molecule has 5 nitrogen and oxygen atoms in total. The van der Waals surface area contributed by atoms with Crippen molar-refractivity contribution in [3.05, 3.63) is 0 Å². The molecule has 0 N–H and O–H groups in total. The van der Waals surface area contributed by atoms with Crippen molar-refractivity contribution in [3.63, 3.8) is 0 Å². The lowest BCUT2D eigenvalue weighted by Gasteiger charge is -2.36. The second-order valence-corrected chi connectivity index (χ2v) is 6.07. The first-order valence-electron chi connectivity index (χ1n) is 7.08. The van der Waals surface area contributed by atoms with Gasteiger partial charge >= 0.3 is 0 Å². The monoisotopic (exact) mass is 268 g/mol. The van der Waals surface area contributed by atoms with Gasteiger partial charge in [-0.25, -0.2) is 0 Å². The maximum atomic E-state index is 12.6. The molecule has 19 heavy (non-hydrogen) atoms. The molecule has 5 heteroatoms. The number of methoxy groups -OCH3 is 1. The normalized spacial score (nSPS) is 25.3. The molecule has 108 valence electrons. The topological polar surface area (TPSA) is 49.9 Å². The van der Waals surface area contributed by atoms with Gasteiger partial charge in [-0.15, -0.1) is 0 Å². The highest BCUT2D eigenvalue weighted by molar-refractivity contribution is 5.90. The molecule has 0 saturated carbocycles. The number of fused-ring (bicyclic) bond motifs is 1. The number of rotatable bonds is 3. The second kappa shape index (κ2) is 5.49. The molecule has 0 radical (unpaired) electrons. The number of piperidine rings is 1. The Kier molecular flexibility index (Phi) is 4.13. The van der Waals surface area contributed by atoms with Gasteiger partial charge < -0.3 is 14.5 Å². The first kappa shape index (κ1) is 14.3. The zero-order valence-electron chi connectivity index (χ0n) is 12.1. The molecule has 2 heterocycles. The van der Waals surface area contributed by atoms with E-state index in [9.17, 15) is 9.59 Å². The minimum atomic E-state index is -0.372. The van der Waals surface area contributed by atoms with Crippen LogP contribution in [0.2, 0.25) is 0 Å². The molecule has 0 aromatic rings. The standard InChI is InChI=1S/C14H24N2O3/c1-14(2,19-3)10-15-9-7-12(17)16-8-5-4-6-11(16)13(15)18/h11H,4-10H2,1-3H3. The van der Waals surface area contributed by atoms with Gasteiger partial charge in [-0.05, 0) is 33.1 Å². The Morgan fingerprint density at radius 1 is 1.26 bits per heavy atom. The van der Waals surface area contributed by atoms with Crippen LogP contribution >= 0.6 is 0 Å². The predicted molar refractivity (Wildman–Crippen MR) is 71.6 cm³/mol. The minimum Gasteiger partial charge on any atom is -0.377 e. The van der Waals surface area contributed by atoms with Gasteiger partial charge in [-0.2, -0.15) is 0 Å². The molecule has 2 saturated heterocycles. The molecule has 2 fully saturated rings. The molecule has 2 amide bonds. The second-order valence-electron chi connectivity index (χ2n) is 6.07. The summed E-state index contributed by atoms with van der Waals surface area (Å²) in [6, 6.07) is -0.239. The van der Waals surface area contributed by atoms with Gasteiger partial charge in [0.2, 0.25) is 11.8 Å². The summed E-state index contributed by atoms with van der Waals surface area (Å²) in [5.74, 6) is 0.214. The van der Waals surface area contributed by atoms with E-state index in [-0.39, 0.29) is 23.5 Å². The average Bonchev–Trinajstić information content (AvgIpc) is 2.52. The van der Waals surface area contributed by atoms with Crippen molar-refractivity contribution in [2.24, 2.45) is 0 Å². The average molecular weight is 268 g/mol. The summed E-state index contributed by atoms with van der Waals surface area (Å²) in [6.07, 6.45) is 3.28. The summed E-state index contributed by atoms with van der Waals surface area (Å²) < 4.78 is 5.40. The summed E-state index contributed by atoms with van der Waals surface area (Å²) in [5, 5.41) is 0. The largest absolute Gasteiger partial charge is 0.377 e. The molecular formula is C14H24N2O3. The Hall–Kier alpha value is -1.10. The Labute approximate surface area is 114 Å². The fraction of sp³-hybridized carbons (Fsp3) is 0.857. The van der Waals surface area contributed by atoms with E-state index in [4.69, 9.17) is 4.74 Å². The highest BCUT2D eigenvalue weighted by Gasteiger charge is 2.39. The van der Waals surface area contributed by atoms with E-state index < -0.39 is 0 Å². The molecular weight excluding hydrogens is 244 g/mol. The van der Waals surface area contributed by atoms with Crippen LogP contribution in [0, 0.1) is 0 Å². The van der Waals surface area contributed by atoms with Crippen molar-refractivity contribution in [2.45, 2.75) is 51.2 Å². The fourth-order valence-electron chi connectivity index (χ4n) is 2.86. The van der Waals surface area contributed by atoms with E-state index in [1.807, 2.05) is 13.8 Å². The van der Waals surface area contributed by atoms with Crippen LogP contribution < -0.4 is 0 Å². The highest BCUT2D eigenvalue weighted by Crippen LogP contribution is 2.24. The lowest BCUT2D eigenvalue weighted by Crippen LogP contribution is -2.52. The van der Waals surface area contributed by atoms with Crippen molar-refractivity contribution in [3.8, 4) is 0 Å². The maximum absolute atomic E-state index is 12.6. The van der Waals surface area contributed by atoms with Gasteiger partial charge in [-0.1, -0.05) is 0 Å². The number of amides is 2. The third kappa shape index (κ3) is 3.08. The molecule has 0 aromatic heterocycles. The predicted octanol–water partition coefficient (Wildman–Crippen LogP) is 1.02. The number of nitrogens with zero attached hydrogens (tertiary/aromatic N) is 2. The lowest BCUT2D eigenvalue weighted by atomic mass is 10.0. The van der Waals surface area contributed by atoms with Crippen molar-refractivity contribution in [2.75, 3.05) is 26.7 Å². The smallest absolute Gasteiger partial charge is 0.245 e. The van der Waals surface area contributed by atoms with Gasteiger partial charge in [0.25, 0.3) is 0 Å². The van der Waals surface area contributed by atoms with Crippen LogP contribution in [-0.2, 0) is 14.3 Å². The molecule has 0 bridgehead atoms. The zero-order chi connectivity index (χ0) is 14.0. The fourth-order valence-corrected chi connectivity index (χ4v) is 2.86. The molecule has 0 aromatic carbocycles. The van der Waals surface area contributed by atoms with Gasteiger partial charge in [0.1, 0.15) is 6.04 Å². The minimum absolute atomic E-state index is 0.0932. The van der Waals surface area contributed by atoms with E-state index in [2.05, 4.69) is 0 Å². The van der Waals surface area contributed by atoms with Crippen LogP contribution in [0.1, 0.15) is 39.5 Å². The van der Waals surface area contributed by atoms with Gasteiger partial charge in [0.15, 0.2) is 0 Å². The SMILES string of the molecule is COC(C)(C)CN1CCC(=O)N2CCCCC2C1=O. The summed E-state index contributed by atoms with van der Waals surface area (Å²) >= 11 is 0. The van der Waals surface area contributed by atoms with Crippen LogP contribution in [0.3, 0.4) is 0 Å². The Bertz CT molecular complexity index is 368. The van der Waals surface area contributed by atoms with E-state index in [0.717, 1.165) is 25.8 Å². The van der Waals surface area contributed by atoms with Crippen LogP contribution in [-0.4, -0.2) is 60.0 Å². The van der Waals surface area contributed by atoms with Crippen LogP contribution in [0.4, 0.5) is 0 Å². The molecule has 0 aliphatic carbocycles. The van der Waals surface area contributed by atoms with Crippen LogP contribution in [0.25, 0.3) is 0 Å². The zero-order valence-corrected chi connectivity index (χ0v) is 12.1. The number of hydrogen-bond acceptors (Lipinski definition) is 3. The van der Waals surface area contributed by atoms with E-state index >= 15 is 0 Å². The van der Waals surface area contributed by atoms with Crippen LogP contribution in [0.15, 0.2) is 0 Å². The van der Waals surface area contributed by atoms with E-state index in [1.165, 1.54) is 0 Å².